The zero-order valence-electron chi connectivity index (χ0n) is 15.0. The number of carbonyl (C=O) groups excluding carboxylic acids is 2. The molecular weight excluding hydrogens is 280 g/mol. The zero-order chi connectivity index (χ0) is 17.0. The minimum Gasteiger partial charge on any atom is -0.464 e. The van der Waals surface area contributed by atoms with E-state index in [1.165, 1.54) is 0 Å². The first kappa shape index (κ1) is 19.0. The lowest BCUT2D eigenvalue weighted by Gasteiger charge is -2.25. The lowest BCUT2D eigenvalue weighted by molar-refractivity contribution is -0.168. The molecule has 0 saturated heterocycles. The highest BCUT2D eigenvalue weighted by Crippen LogP contribution is 2.33. The summed E-state index contributed by atoms with van der Waals surface area (Å²) in [6.45, 7) is 12.7. The van der Waals surface area contributed by atoms with Crippen molar-refractivity contribution in [3.63, 3.8) is 0 Å². The fraction of sp³-hybridized carbons (Fsp3) is 0.889. The predicted molar refractivity (Wildman–Crippen MR) is 86.3 cm³/mol. The minimum atomic E-state index is -0.757. The monoisotopic (exact) mass is 312 g/mol. The number of carbonyl (C=O) groups is 2. The van der Waals surface area contributed by atoms with Crippen molar-refractivity contribution in [2.75, 3.05) is 13.2 Å². The van der Waals surface area contributed by atoms with Crippen molar-refractivity contribution in [1.29, 1.82) is 0 Å². The van der Waals surface area contributed by atoms with Crippen LogP contribution in [0.15, 0.2) is 0 Å². The second-order valence-corrected chi connectivity index (χ2v) is 8.86. The summed E-state index contributed by atoms with van der Waals surface area (Å²) in [6.07, 6.45) is 3.94. The smallest absolute Gasteiger partial charge is 0.320 e. The third-order valence-electron chi connectivity index (χ3n) is 3.67. The Bertz CT molecular complexity index is 351. The third-order valence-corrected chi connectivity index (χ3v) is 3.67. The largest absolute Gasteiger partial charge is 0.464 e. The van der Waals surface area contributed by atoms with Crippen LogP contribution < -0.4 is 0 Å². The van der Waals surface area contributed by atoms with Crippen molar-refractivity contribution in [2.24, 2.45) is 22.7 Å². The van der Waals surface area contributed by atoms with Crippen LogP contribution in [0.2, 0.25) is 0 Å². The average Bonchev–Trinajstić information content (AvgIpc) is 2.86. The molecule has 0 atom stereocenters. The van der Waals surface area contributed by atoms with Gasteiger partial charge in [0.2, 0.25) is 0 Å². The molecule has 0 aromatic rings. The van der Waals surface area contributed by atoms with Crippen LogP contribution in [0.1, 0.15) is 67.2 Å². The van der Waals surface area contributed by atoms with Crippen molar-refractivity contribution in [1.82, 2.24) is 0 Å². The highest BCUT2D eigenvalue weighted by molar-refractivity contribution is 5.95. The summed E-state index contributed by atoms with van der Waals surface area (Å²) in [7, 11) is 0. The molecule has 4 heteroatoms. The van der Waals surface area contributed by atoms with Gasteiger partial charge < -0.3 is 9.47 Å². The summed E-state index contributed by atoms with van der Waals surface area (Å²) in [5, 5.41) is 0. The summed E-state index contributed by atoms with van der Waals surface area (Å²) < 4.78 is 10.8. The summed E-state index contributed by atoms with van der Waals surface area (Å²) in [5.41, 5.74) is -0.212. The first-order valence-corrected chi connectivity index (χ1v) is 8.33. The van der Waals surface area contributed by atoms with Gasteiger partial charge in [-0.25, -0.2) is 0 Å². The Labute approximate surface area is 134 Å². The molecule has 0 aromatic heterocycles. The molecule has 0 unspecified atom stereocenters. The molecule has 1 rings (SSSR count). The number of rotatable bonds is 5. The molecule has 0 aromatic carbocycles. The SMILES string of the molecule is CC(C)(C)COC(=O)C(C(=O)OCC(C)(C)C)C1CCCC1. The fourth-order valence-electron chi connectivity index (χ4n) is 2.53. The third kappa shape index (κ3) is 6.80. The van der Waals surface area contributed by atoms with E-state index in [2.05, 4.69) is 0 Å². The maximum absolute atomic E-state index is 12.4. The fourth-order valence-corrected chi connectivity index (χ4v) is 2.53. The molecule has 0 amide bonds. The summed E-state index contributed by atoms with van der Waals surface area (Å²) in [4.78, 5) is 24.8. The number of hydrogen-bond donors (Lipinski definition) is 0. The Morgan fingerprint density at radius 2 is 1.23 bits per heavy atom. The van der Waals surface area contributed by atoms with Crippen molar-refractivity contribution >= 4 is 11.9 Å². The molecule has 1 saturated carbocycles. The maximum atomic E-state index is 12.4. The quantitative estimate of drug-likeness (QED) is 0.569. The average molecular weight is 312 g/mol. The molecule has 0 spiro atoms. The van der Waals surface area contributed by atoms with Gasteiger partial charge in [0.05, 0.1) is 13.2 Å². The van der Waals surface area contributed by atoms with Crippen molar-refractivity contribution < 1.29 is 19.1 Å². The van der Waals surface area contributed by atoms with Gasteiger partial charge in [-0.2, -0.15) is 0 Å². The van der Waals surface area contributed by atoms with Crippen LogP contribution >= 0.6 is 0 Å². The summed E-state index contributed by atoms with van der Waals surface area (Å²) >= 11 is 0. The first-order valence-electron chi connectivity index (χ1n) is 8.33. The van der Waals surface area contributed by atoms with Gasteiger partial charge >= 0.3 is 11.9 Å². The van der Waals surface area contributed by atoms with E-state index >= 15 is 0 Å². The van der Waals surface area contributed by atoms with Gasteiger partial charge in [0.25, 0.3) is 0 Å². The van der Waals surface area contributed by atoms with E-state index in [1.807, 2.05) is 41.5 Å². The Morgan fingerprint density at radius 3 is 1.55 bits per heavy atom. The maximum Gasteiger partial charge on any atom is 0.320 e. The molecule has 1 aliphatic carbocycles. The van der Waals surface area contributed by atoms with Gasteiger partial charge in [0, 0.05) is 0 Å². The standard InChI is InChI=1S/C18H32O4/c1-17(2,3)11-21-15(19)14(13-9-7-8-10-13)16(20)22-12-18(4,5)6/h13-14H,7-12H2,1-6H3. The molecule has 4 nitrogen and oxygen atoms in total. The minimum absolute atomic E-state index is 0.0694. The van der Waals surface area contributed by atoms with E-state index in [-0.39, 0.29) is 16.7 Å². The van der Waals surface area contributed by atoms with Gasteiger partial charge in [-0.1, -0.05) is 54.4 Å². The van der Waals surface area contributed by atoms with E-state index in [0.717, 1.165) is 25.7 Å². The molecule has 1 aliphatic rings. The molecule has 1 fully saturated rings. The molecular formula is C18H32O4. The molecule has 22 heavy (non-hydrogen) atoms. The van der Waals surface area contributed by atoms with Gasteiger partial charge in [0.1, 0.15) is 0 Å². The zero-order valence-corrected chi connectivity index (χ0v) is 15.0. The second kappa shape index (κ2) is 7.47. The van der Waals surface area contributed by atoms with E-state index in [0.29, 0.717) is 13.2 Å². The van der Waals surface area contributed by atoms with Crippen LogP contribution in [0, 0.1) is 22.7 Å². The lowest BCUT2D eigenvalue weighted by Crippen LogP contribution is -2.36. The molecule has 0 radical (unpaired) electrons. The normalized spacial score (nSPS) is 16.9. The van der Waals surface area contributed by atoms with Crippen LogP contribution in [0.25, 0.3) is 0 Å². The van der Waals surface area contributed by atoms with Crippen molar-refractivity contribution in [3.05, 3.63) is 0 Å². The highest BCUT2D eigenvalue weighted by Gasteiger charge is 2.39. The first-order chi connectivity index (χ1) is 9.99. The highest BCUT2D eigenvalue weighted by atomic mass is 16.6. The van der Waals surface area contributed by atoms with Gasteiger partial charge in [-0.15, -0.1) is 0 Å². The predicted octanol–water partition coefficient (Wildman–Crippen LogP) is 3.97. The topological polar surface area (TPSA) is 52.6 Å². The van der Waals surface area contributed by atoms with E-state index in [9.17, 15) is 9.59 Å². The van der Waals surface area contributed by atoms with Crippen LogP contribution in [0.5, 0.6) is 0 Å². The number of ether oxygens (including phenoxy) is 2. The molecule has 0 heterocycles. The molecule has 128 valence electrons. The number of esters is 2. The van der Waals surface area contributed by atoms with Crippen LogP contribution in [0.4, 0.5) is 0 Å². The molecule has 0 bridgehead atoms. The summed E-state index contributed by atoms with van der Waals surface area (Å²) in [6, 6.07) is 0. The van der Waals surface area contributed by atoms with Crippen LogP contribution in [0.3, 0.4) is 0 Å². The van der Waals surface area contributed by atoms with E-state index in [4.69, 9.17) is 9.47 Å². The summed E-state index contributed by atoms with van der Waals surface area (Å²) in [5.74, 6) is -1.52. The van der Waals surface area contributed by atoms with E-state index < -0.39 is 17.9 Å². The van der Waals surface area contributed by atoms with Crippen LogP contribution in [-0.4, -0.2) is 25.2 Å². The molecule has 0 N–H and O–H groups in total. The lowest BCUT2D eigenvalue weighted by atomic mass is 9.90. The Kier molecular flexibility index (Phi) is 6.45. The number of hydrogen-bond acceptors (Lipinski definition) is 4. The van der Waals surface area contributed by atoms with Gasteiger partial charge in [-0.05, 0) is 29.6 Å². The Hall–Kier alpha value is -1.06. The van der Waals surface area contributed by atoms with Gasteiger partial charge in [-0.3, -0.25) is 9.59 Å². The van der Waals surface area contributed by atoms with Gasteiger partial charge in [0.15, 0.2) is 5.92 Å². The van der Waals surface area contributed by atoms with Crippen molar-refractivity contribution in [3.8, 4) is 0 Å². The Balaban J connectivity index is 2.70. The van der Waals surface area contributed by atoms with Crippen LogP contribution in [-0.2, 0) is 19.1 Å². The van der Waals surface area contributed by atoms with Crippen molar-refractivity contribution in [2.45, 2.75) is 67.2 Å². The second-order valence-electron chi connectivity index (χ2n) is 8.86. The Morgan fingerprint density at radius 1 is 0.864 bits per heavy atom. The molecule has 0 aliphatic heterocycles. The van der Waals surface area contributed by atoms with E-state index in [1.54, 1.807) is 0 Å².